The molecule has 1 aliphatic rings. The van der Waals surface area contributed by atoms with E-state index in [0.29, 0.717) is 29.7 Å². The summed E-state index contributed by atoms with van der Waals surface area (Å²) in [5, 5.41) is 16.7. The van der Waals surface area contributed by atoms with Crippen molar-refractivity contribution in [1.29, 1.82) is 5.26 Å². The number of aryl methyl sites for hydroxylation is 1. The van der Waals surface area contributed by atoms with Gasteiger partial charge in [-0.05, 0) is 43.2 Å². The van der Waals surface area contributed by atoms with Gasteiger partial charge in [-0.2, -0.15) is 18.4 Å². The average Bonchev–Trinajstić information content (AvgIpc) is 3.33. The second-order valence-electron chi connectivity index (χ2n) is 7.27. The Morgan fingerprint density at radius 1 is 1.20 bits per heavy atom. The number of hydrogen-bond donors (Lipinski definition) is 0. The number of nitrogens with zero attached hydrogens (tertiary/aromatic N) is 5. The van der Waals surface area contributed by atoms with Crippen molar-refractivity contribution < 1.29 is 17.6 Å². The molecular weight excluding hydrogens is 395 g/mol. The van der Waals surface area contributed by atoms with Gasteiger partial charge in [0.05, 0.1) is 17.2 Å². The van der Waals surface area contributed by atoms with Gasteiger partial charge in [0, 0.05) is 37.3 Å². The maximum atomic E-state index is 13.3. The first-order valence-electron chi connectivity index (χ1n) is 9.42. The van der Waals surface area contributed by atoms with Crippen LogP contribution in [-0.4, -0.2) is 27.8 Å². The summed E-state index contributed by atoms with van der Waals surface area (Å²) in [7, 11) is 0. The van der Waals surface area contributed by atoms with E-state index in [1.54, 1.807) is 31.3 Å². The molecule has 30 heavy (non-hydrogen) atoms. The highest BCUT2D eigenvalue weighted by molar-refractivity contribution is 5.57. The van der Waals surface area contributed by atoms with Crippen LogP contribution < -0.4 is 4.90 Å². The maximum absolute atomic E-state index is 13.3. The summed E-state index contributed by atoms with van der Waals surface area (Å²) in [5.74, 6) is 0.912. The standard InChI is InChI=1S/C21H18F3N5O/c1-12-17(15-4-6-19(26-11-15)20-28-27-13(2)30-20)7-8-29(12)16-5-3-14(10-25)18(9-16)21(22,23)24/h3-6,9,11-12,17H,7-8H2,1-2H3/t12-,17?/m0/s1. The van der Waals surface area contributed by atoms with E-state index in [1.165, 1.54) is 6.07 Å². The first-order chi connectivity index (χ1) is 14.3. The fraction of sp³-hybridized carbons (Fsp3) is 0.333. The summed E-state index contributed by atoms with van der Waals surface area (Å²) in [6, 6.07) is 9.21. The van der Waals surface area contributed by atoms with Gasteiger partial charge < -0.3 is 9.32 Å². The predicted octanol–water partition coefficient (Wildman–Crippen LogP) is 4.71. The summed E-state index contributed by atoms with van der Waals surface area (Å²) in [5.41, 5.74) is 0.755. The van der Waals surface area contributed by atoms with Crippen molar-refractivity contribution in [3.8, 4) is 17.7 Å². The third-order valence-electron chi connectivity index (χ3n) is 5.48. The van der Waals surface area contributed by atoms with Gasteiger partial charge >= 0.3 is 6.18 Å². The summed E-state index contributed by atoms with van der Waals surface area (Å²) in [4.78, 5) is 6.35. The molecule has 6 nitrogen and oxygen atoms in total. The van der Waals surface area contributed by atoms with Gasteiger partial charge in [0.1, 0.15) is 5.69 Å². The van der Waals surface area contributed by atoms with Crippen LogP contribution in [0.25, 0.3) is 11.6 Å². The van der Waals surface area contributed by atoms with E-state index in [9.17, 15) is 13.2 Å². The summed E-state index contributed by atoms with van der Waals surface area (Å²) in [6.07, 6.45) is -2.04. The van der Waals surface area contributed by atoms with Crippen LogP contribution in [0.1, 0.15) is 41.8 Å². The minimum Gasteiger partial charge on any atom is -0.420 e. The van der Waals surface area contributed by atoms with E-state index in [0.717, 1.165) is 18.1 Å². The average molecular weight is 413 g/mol. The van der Waals surface area contributed by atoms with Gasteiger partial charge in [0.2, 0.25) is 5.89 Å². The molecule has 0 spiro atoms. The van der Waals surface area contributed by atoms with Crippen molar-refractivity contribution in [1.82, 2.24) is 15.2 Å². The molecule has 1 fully saturated rings. The van der Waals surface area contributed by atoms with Crippen molar-refractivity contribution >= 4 is 5.69 Å². The zero-order valence-corrected chi connectivity index (χ0v) is 16.3. The van der Waals surface area contributed by atoms with Crippen LogP contribution >= 0.6 is 0 Å². The van der Waals surface area contributed by atoms with Gasteiger partial charge in [-0.15, -0.1) is 10.2 Å². The van der Waals surface area contributed by atoms with E-state index >= 15 is 0 Å². The number of benzene rings is 1. The van der Waals surface area contributed by atoms with E-state index in [2.05, 4.69) is 15.2 Å². The largest absolute Gasteiger partial charge is 0.420 e. The maximum Gasteiger partial charge on any atom is 0.417 e. The monoisotopic (exact) mass is 413 g/mol. The molecule has 3 aromatic rings. The second kappa shape index (κ2) is 7.44. The number of aromatic nitrogens is 3. The van der Waals surface area contributed by atoms with Crippen LogP contribution in [0.4, 0.5) is 18.9 Å². The van der Waals surface area contributed by atoms with Gasteiger partial charge in [-0.3, -0.25) is 4.98 Å². The molecule has 0 saturated carbocycles. The molecule has 1 saturated heterocycles. The molecule has 2 aromatic heterocycles. The molecule has 0 N–H and O–H groups in total. The molecular formula is C21H18F3N5O. The molecule has 0 amide bonds. The van der Waals surface area contributed by atoms with Crippen LogP contribution in [0.3, 0.4) is 0 Å². The van der Waals surface area contributed by atoms with Gasteiger partial charge in [0.25, 0.3) is 5.89 Å². The Labute approximate surface area is 171 Å². The minimum absolute atomic E-state index is 0.0303. The van der Waals surface area contributed by atoms with Crippen LogP contribution in [0.5, 0.6) is 0 Å². The van der Waals surface area contributed by atoms with Crippen LogP contribution in [0.2, 0.25) is 0 Å². The van der Waals surface area contributed by atoms with Crippen LogP contribution in [-0.2, 0) is 6.18 Å². The highest BCUT2D eigenvalue weighted by Gasteiger charge is 2.36. The van der Waals surface area contributed by atoms with Crippen molar-refractivity contribution in [3.63, 3.8) is 0 Å². The number of anilines is 1. The molecule has 1 aliphatic heterocycles. The summed E-state index contributed by atoms with van der Waals surface area (Å²) < 4.78 is 45.4. The molecule has 154 valence electrons. The van der Waals surface area contributed by atoms with Crippen LogP contribution in [0.15, 0.2) is 40.9 Å². The lowest BCUT2D eigenvalue weighted by Crippen LogP contribution is -2.29. The second-order valence-corrected chi connectivity index (χ2v) is 7.27. The molecule has 3 heterocycles. The van der Waals surface area contributed by atoms with Gasteiger partial charge in [-0.25, -0.2) is 0 Å². The number of nitriles is 1. The van der Waals surface area contributed by atoms with Gasteiger partial charge in [-0.1, -0.05) is 6.07 Å². The Balaban J connectivity index is 1.57. The lowest BCUT2D eigenvalue weighted by atomic mass is 9.93. The first kappa shape index (κ1) is 19.9. The molecule has 9 heteroatoms. The fourth-order valence-corrected chi connectivity index (χ4v) is 3.94. The Hall–Kier alpha value is -3.41. The smallest absolute Gasteiger partial charge is 0.417 e. The normalized spacial score (nSPS) is 19.1. The Kier molecular flexibility index (Phi) is 4.94. The number of pyridine rings is 1. The van der Waals surface area contributed by atoms with Crippen molar-refractivity contribution in [2.45, 2.75) is 38.4 Å². The third kappa shape index (κ3) is 3.61. The molecule has 1 aromatic carbocycles. The quantitative estimate of drug-likeness (QED) is 0.619. The molecule has 1 unspecified atom stereocenters. The van der Waals surface area contributed by atoms with E-state index in [-0.39, 0.29) is 17.5 Å². The fourth-order valence-electron chi connectivity index (χ4n) is 3.94. The zero-order valence-electron chi connectivity index (χ0n) is 16.3. The van der Waals surface area contributed by atoms with E-state index in [1.807, 2.05) is 17.9 Å². The first-order valence-corrected chi connectivity index (χ1v) is 9.42. The van der Waals surface area contributed by atoms with Crippen molar-refractivity contribution in [2.75, 3.05) is 11.4 Å². The minimum atomic E-state index is -4.57. The number of alkyl halides is 3. The van der Waals surface area contributed by atoms with Crippen molar-refractivity contribution in [2.24, 2.45) is 0 Å². The molecule has 4 rings (SSSR count). The molecule has 2 atom stereocenters. The Morgan fingerprint density at radius 2 is 2.00 bits per heavy atom. The predicted molar refractivity (Wildman–Crippen MR) is 103 cm³/mol. The highest BCUT2D eigenvalue weighted by atomic mass is 19.4. The summed E-state index contributed by atoms with van der Waals surface area (Å²) in [6.45, 7) is 4.30. The highest BCUT2D eigenvalue weighted by Crippen LogP contribution is 2.39. The molecule has 0 bridgehead atoms. The topological polar surface area (TPSA) is 78.8 Å². The number of rotatable bonds is 3. The Morgan fingerprint density at radius 3 is 2.60 bits per heavy atom. The SMILES string of the molecule is Cc1nnc(-c2ccc(C3CCN(c4ccc(C#N)c(C(F)(F)F)c4)[C@H]3C)cn2)o1. The summed E-state index contributed by atoms with van der Waals surface area (Å²) >= 11 is 0. The van der Waals surface area contributed by atoms with E-state index in [4.69, 9.17) is 9.68 Å². The molecule has 0 aliphatic carbocycles. The van der Waals surface area contributed by atoms with E-state index < -0.39 is 11.7 Å². The number of halogens is 3. The zero-order chi connectivity index (χ0) is 21.5. The lowest BCUT2D eigenvalue weighted by molar-refractivity contribution is -0.137. The van der Waals surface area contributed by atoms with Gasteiger partial charge in [0.15, 0.2) is 0 Å². The number of hydrogen-bond acceptors (Lipinski definition) is 6. The third-order valence-corrected chi connectivity index (χ3v) is 5.48. The molecule has 0 radical (unpaired) electrons. The Bertz CT molecular complexity index is 1100. The van der Waals surface area contributed by atoms with Crippen LogP contribution in [0, 0.1) is 18.3 Å². The van der Waals surface area contributed by atoms with Crippen molar-refractivity contribution in [3.05, 3.63) is 59.1 Å². The lowest BCUT2D eigenvalue weighted by Gasteiger charge is -2.27.